The molecule has 0 bridgehead atoms. The second-order valence-corrected chi connectivity index (χ2v) is 5.29. The molecule has 2 rings (SSSR count). The van der Waals surface area contributed by atoms with E-state index in [2.05, 4.69) is 23.7 Å². The second-order valence-electron chi connectivity index (χ2n) is 5.29. The van der Waals surface area contributed by atoms with Gasteiger partial charge in [0.25, 0.3) is 0 Å². The van der Waals surface area contributed by atoms with Gasteiger partial charge in [0.2, 0.25) is 0 Å². The molecule has 2 aliphatic rings. The summed E-state index contributed by atoms with van der Waals surface area (Å²) in [6, 6.07) is 1.27. The van der Waals surface area contributed by atoms with Gasteiger partial charge < -0.3 is 10.1 Å². The van der Waals surface area contributed by atoms with E-state index in [1.165, 1.54) is 25.7 Å². The minimum absolute atomic E-state index is 0.499. The zero-order valence-electron chi connectivity index (χ0n) is 11.0. The first kappa shape index (κ1) is 13.1. The maximum Gasteiger partial charge on any atom is 0.0731 e. The van der Waals surface area contributed by atoms with E-state index in [-0.39, 0.29) is 0 Å². The SMILES string of the molecule is C=CCNCC(C)N1CCOC2CCCCC21. The van der Waals surface area contributed by atoms with Gasteiger partial charge >= 0.3 is 0 Å². The van der Waals surface area contributed by atoms with Crippen LogP contribution in [0.15, 0.2) is 12.7 Å². The third-order valence-corrected chi connectivity index (χ3v) is 4.07. The Kier molecular flexibility index (Phi) is 5.01. The van der Waals surface area contributed by atoms with E-state index in [1.54, 1.807) is 0 Å². The van der Waals surface area contributed by atoms with Crippen molar-refractivity contribution in [3.05, 3.63) is 12.7 Å². The topological polar surface area (TPSA) is 24.5 Å². The van der Waals surface area contributed by atoms with Crippen LogP contribution in [-0.2, 0) is 4.74 Å². The van der Waals surface area contributed by atoms with Gasteiger partial charge in [0.1, 0.15) is 0 Å². The van der Waals surface area contributed by atoms with Crippen molar-refractivity contribution in [1.82, 2.24) is 10.2 Å². The van der Waals surface area contributed by atoms with E-state index in [9.17, 15) is 0 Å². The Morgan fingerprint density at radius 1 is 1.47 bits per heavy atom. The molecule has 1 N–H and O–H groups in total. The molecule has 0 aromatic rings. The van der Waals surface area contributed by atoms with Crippen LogP contribution < -0.4 is 5.32 Å². The first-order valence-corrected chi connectivity index (χ1v) is 7.02. The highest BCUT2D eigenvalue weighted by atomic mass is 16.5. The molecular weight excluding hydrogens is 212 g/mol. The summed E-state index contributed by atoms with van der Waals surface area (Å²) in [7, 11) is 0. The molecule has 98 valence electrons. The smallest absolute Gasteiger partial charge is 0.0731 e. The molecule has 1 aliphatic carbocycles. The first-order chi connectivity index (χ1) is 8.33. The monoisotopic (exact) mass is 238 g/mol. The Morgan fingerprint density at radius 3 is 3.12 bits per heavy atom. The first-order valence-electron chi connectivity index (χ1n) is 7.02. The number of fused-ring (bicyclic) bond motifs is 1. The maximum atomic E-state index is 5.91. The fourth-order valence-electron chi connectivity index (χ4n) is 3.19. The highest BCUT2D eigenvalue weighted by molar-refractivity contribution is 4.90. The number of morpholine rings is 1. The third kappa shape index (κ3) is 3.30. The van der Waals surface area contributed by atoms with Gasteiger partial charge in [-0.1, -0.05) is 18.9 Å². The highest BCUT2D eigenvalue weighted by Crippen LogP contribution is 2.29. The summed E-state index contributed by atoms with van der Waals surface area (Å²) in [5.74, 6) is 0. The zero-order chi connectivity index (χ0) is 12.1. The van der Waals surface area contributed by atoms with Crippen LogP contribution in [0.2, 0.25) is 0 Å². The second kappa shape index (κ2) is 6.53. The van der Waals surface area contributed by atoms with Crippen molar-refractivity contribution in [2.75, 3.05) is 26.2 Å². The molecule has 3 heteroatoms. The van der Waals surface area contributed by atoms with Gasteiger partial charge in [-0.25, -0.2) is 0 Å². The zero-order valence-corrected chi connectivity index (χ0v) is 11.0. The summed E-state index contributed by atoms with van der Waals surface area (Å²) < 4.78 is 5.91. The van der Waals surface area contributed by atoms with Crippen molar-refractivity contribution in [3.63, 3.8) is 0 Å². The Morgan fingerprint density at radius 2 is 2.29 bits per heavy atom. The van der Waals surface area contributed by atoms with Crippen LogP contribution in [0, 0.1) is 0 Å². The van der Waals surface area contributed by atoms with Crippen LogP contribution in [0.4, 0.5) is 0 Å². The van der Waals surface area contributed by atoms with Crippen molar-refractivity contribution < 1.29 is 4.74 Å². The van der Waals surface area contributed by atoms with E-state index >= 15 is 0 Å². The lowest BCUT2D eigenvalue weighted by Crippen LogP contribution is -2.57. The van der Waals surface area contributed by atoms with Gasteiger partial charge in [0.05, 0.1) is 12.7 Å². The molecule has 17 heavy (non-hydrogen) atoms. The summed E-state index contributed by atoms with van der Waals surface area (Å²) in [6.07, 6.45) is 7.71. The molecule has 3 nitrogen and oxygen atoms in total. The molecule has 1 saturated carbocycles. The number of ether oxygens (including phenoxy) is 1. The third-order valence-electron chi connectivity index (χ3n) is 4.07. The van der Waals surface area contributed by atoms with Gasteiger partial charge in [-0.15, -0.1) is 6.58 Å². The van der Waals surface area contributed by atoms with Crippen molar-refractivity contribution >= 4 is 0 Å². The predicted molar refractivity (Wildman–Crippen MR) is 71.2 cm³/mol. The van der Waals surface area contributed by atoms with Gasteiger partial charge in [-0.2, -0.15) is 0 Å². The Balaban J connectivity index is 1.86. The molecule has 0 aromatic carbocycles. The summed E-state index contributed by atoms with van der Waals surface area (Å²) in [6.45, 7) is 10.0. The van der Waals surface area contributed by atoms with Crippen molar-refractivity contribution in [1.29, 1.82) is 0 Å². The lowest BCUT2D eigenvalue weighted by Gasteiger charge is -2.46. The minimum atomic E-state index is 0.499. The van der Waals surface area contributed by atoms with Crippen LogP contribution in [0.25, 0.3) is 0 Å². The van der Waals surface area contributed by atoms with Gasteiger partial charge in [-0.3, -0.25) is 4.90 Å². The fraction of sp³-hybridized carbons (Fsp3) is 0.857. The molecular formula is C14H26N2O. The minimum Gasteiger partial charge on any atom is -0.375 e. The van der Waals surface area contributed by atoms with Crippen molar-refractivity contribution in [2.24, 2.45) is 0 Å². The molecule has 3 atom stereocenters. The lowest BCUT2D eigenvalue weighted by molar-refractivity contribution is -0.0996. The Labute approximate surface area is 105 Å². The molecule has 1 heterocycles. The molecule has 0 spiro atoms. The number of nitrogens with zero attached hydrogens (tertiary/aromatic N) is 1. The summed E-state index contributed by atoms with van der Waals surface area (Å²) in [5, 5.41) is 3.43. The molecule has 2 fully saturated rings. The molecule has 0 aromatic heterocycles. The number of hydrogen-bond acceptors (Lipinski definition) is 3. The molecule has 1 saturated heterocycles. The standard InChI is InChI=1S/C14H26N2O/c1-3-8-15-11-12(2)16-9-10-17-14-7-5-4-6-13(14)16/h3,12-15H,1,4-11H2,2H3. The van der Waals surface area contributed by atoms with E-state index in [0.717, 1.165) is 26.2 Å². The number of hydrogen-bond donors (Lipinski definition) is 1. The van der Waals surface area contributed by atoms with Crippen LogP contribution in [0.3, 0.4) is 0 Å². The highest BCUT2D eigenvalue weighted by Gasteiger charge is 2.35. The average Bonchev–Trinajstić information content (AvgIpc) is 2.38. The van der Waals surface area contributed by atoms with E-state index in [4.69, 9.17) is 4.74 Å². The molecule has 3 unspecified atom stereocenters. The largest absolute Gasteiger partial charge is 0.375 e. The fourth-order valence-corrected chi connectivity index (χ4v) is 3.19. The van der Waals surface area contributed by atoms with Crippen LogP contribution in [0.5, 0.6) is 0 Å². The summed E-state index contributed by atoms with van der Waals surface area (Å²) >= 11 is 0. The lowest BCUT2D eigenvalue weighted by atomic mass is 9.89. The number of rotatable bonds is 5. The van der Waals surface area contributed by atoms with Gasteiger partial charge in [0.15, 0.2) is 0 Å². The maximum absolute atomic E-state index is 5.91. The summed E-state index contributed by atoms with van der Waals surface area (Å²) in [5.41, 5.74) is 0. The van der Waals surface area contributed by atoms with E-state index < -0.39 is 0 Å². The average molecular weight is 238 g/mol. The van der Waals surface area contributed by atoms with E-state index in [1.807, 2.05) is 6.08 Å². The van der Waals surface area contributed by atoms with Crippen molar-refractivity contribution in [2.45, 2.75) is 50.8 Å². The quantitative estimate of drug-likeness (QED) is 0.584. The summed E-state index contributed by atoms with van der Waals surface area (Å²) in [4.78, 5) is 2.66. The van der Waals surface area contributed by atoms with Gasteiger partial charge in [0, 0.05) is 31.7 Å². The molecule has 0 radical (unpaired) electrons. The number of nitrogens with one attached hydrogen (secondary N) is 1. The normalized spacial score (nSPS) is 31.8. The van der Waals surface area contributed by atoms with Gasteiger partial charge in [-0.05, 0) is 19.8 Å². The van der Waals surface area contributed by atoms with Crippen LogP contribution in [0.1, 0.15) is 32.6 Å². The van der Waals surface area contributed by atoms with E-state index in [0.29, 0.717) is 18.2 Å². The Bertz CT molecular complexity index is 242. The van der Waals surface area contributed by atoms with Crippen molar-refractivity contribution in [3.8, 4) is 0 Å². The predicted octanol–water partition coefficient (Wildman–Crippen LogP) is 1.79. The van der Waals surface area contributed by atoms with Crippen LogP contribution >= 0.6 is 0 Å². The van der Waals surface area contributed by atoms with Crippen LogP contribution in [-0.4, -0.2) is 49.3 Å². The Hall–Kier alpha value is -0.380. The molecule has 1 aliphatic heterocycles. The molecule has 0 amide bonds.